The molecule has 2 aromatic carbocycles. The number of carbonyl (C=O) groups excluding carboxylic acids is 1. The van der Waals surface area contributed by atoms with Crippen LogP contribution in [-0.4, -0.2) is 27.8 Å². The minimum Gasteiger partial charge on any atom is -0.496 e. The van der Waals surface area contributed by atoms with Crippen LogP contribution in [0.25, 0.3) is 11.4 Å². The van der Waals surface area contributed by atoms with Gasteiger partial charge in [0.1, 0.15) is 11.6 Å². The molecule has 0 aliphatic carbocycles. The summed E-state index contributed by atoms with van der Waals surface area (Å²) in [6.07, 6.45) is 0. The molecule has 1 heterocycles. The van der Waals surface area contributed by atoms with E-state index in [0.717, 1.165) is 5.56 Å². The van der Waals surface area contributed by atoms with Crippen LogP contribution in [0.1, 0.15) is 22.8 Å². The van der Waals surface area contributed by atoms with Gasteiger partial charge in [-0.3, -0.25) is 4.79 Å². The molecule has 26 heavy (non-hydrogen) atoms. The van der Waals surface area contributed by atoms with Crippen LogP contribution in [0.2, 0.25) is 0 Å². The van der Waals surface area contributed by atoms with Gasteiger partial charge in [0.25, 0.3) is 0 Å². The Bertz CT molecular complexity index is 941. The molecule has 0 saturated heterocycles. The van der Waals surface area contributed by atoms with Gasteiger partial charge >= 0.3 is 0 Å². The second kappa shape index (κ2) is 7.57. The van der Waals surface area contributed by atoms with E-state index in [-0.39, 0.29) is 11.6 Å². The molecule has 8 heteroatoms. The molecule has 0 unspecified atom stereocenters. The van der Waals surface area contributed by atoms with Crippen molar-refractivity contribution in [2.75, 3.05) is 13.0 Å². The summed E-state index contributed by atoms with van der Waals surface area (Å²) >= 11 is 1.37. The minimum atomic E-state index is -0.330. The number of rotatable bonds is 6. The van der Waals surface area contributed by atoms with Crippen molar-refractivity contribution in [3.63, 3.8) is 0 Å². The average molecular weight is 372 g/mol. The second-order valence-corrected chi connectivity index (χ2v) is 6.50. The van der Waals surface area contributed by atoms with E-state index in [2.05, 4.69) is 10.2 Å². The zero-order valence-electron chi connectivity index (χ0n) is 14.3. The van der Waals surface area contributed by atoms with E-state index >= 15 is 0 Å². The highest BCUT2D eigenvalue weighted by molar-refractivity contribution is 7.98. The highest BCUT2D eigenvalue weighted by atomic mass is 32.2. The predicted molar refractivity (Wildman–Crippen MR) is 98.1 cm³/mol. The number of nitrogen functional groups attached to an aromatic ring is 1. The SMILES string of the molecule is COc1ccc(C(C)=O)cc1CSc1nnc(-c2ccc(F)cc2)n1N. The Morgan fingerprint density at radius 2 is 1.96 bits per heavy atom. The summed E-state index contributed by atoms with van der Waals surface area (Å²) in [4.78, 5) is 11.6. The fourth-order valence-electron chi connectivity index (χ4n) is 2.42. The summed E-state index contributed by atoms with van der Waals surface area (Å²) in [5.41, 5.74) is 2.14. The van der Waals surface area contributed by atoms with Gasteiger partial charge in [-0.15, -0.1) is 10.2 Å². The van der Waals surface area contributed by atoms with Crippen molar-refractivity contribution in [3.05, 3.63) is 59.4 Å². The maximum absolute atomic E-state index is 13.1. The molecule has 0 spiro atoms. The number of Topliss-reactive ketones (excluding diaryl/α,β-unsaturated/α-hetero) is 1. The van der Waals surface area contributed by atoms with Crippen molar-refractivity contribution in [2.24, 2.45) is 0 Å². The molecule has 2 N–H and O–H groups in total. The molecule has 3 rings (SSSR count). The largest absolute Gasteiger partial charge is 0.496 e. The van der Waals surface area contributed by atoms with Gasteiger partial charge in [-0.1, -0.05) is 11.8 Å². The number of methoxy groups -OCH3 is 1. The van der Waals surface area contributed by atoms with Gasteiger partial charge in [-0.05, 0) is 49.4 Å². The Morgan fingerprint density at radius 1 is 1.23 bits per heavy atom. The van der Waals surface area contributed by atoms with Crippen molar-refractivity contribution >= 4 is 17.5 Å². The molecule has 6 nitrogen and oxygen atoms in total. The maximum Gasteiger partial charge on any atom is 0.210 e. The molecule has 0 radical (unpaired) electrons. The fraction of sp³-hybridized carbons (Fsp3) is 0.167. The third-order valence-electron chi connectivity index (χ3n) is 3.81. The predicted octanol–water partition coefficient (Wildman–Crippen LogP) is 3.30. The van der Waals surface area contributed by atoms with Crippen LogP contribution < -0.4 is 10.6 Å². The first-order valence-corrected chi connectivity index (χ1v) is 8.75. The summed E-state index contributed by atoms with van der Waals surface area (Å²) < 4.78 is 19.8. The smallest absolute Gasteiger partial charge is 0.210 e. The Morgan fingerprint density at radius 3 is 2.62 bits per heavy atom. The molecular formula is C18H17FN4O2S. The van der Waals surface area contributed by atoms with Crippen LogP contribution in [0.3, 0.4) is 0 Å². The van der Waals surface area contributed by atoms with Gasteiger partial charge in [0.2, 0.25) is 5.16 Å². The summed E-state index contributed by atoms with van der Waals surface area (Å²) in [6.45, 7) is 1.52. The summed E-state index contributed by atoms with van der Waals surface area (Å²) in [5, 5.41) is 8.67. The molecule has 0 fully saturated rings. The number of hydrogen-bond acceptors (Lipinski definition) is 6. The monoisotopic (exact) mass is 372 g/mol. The lowest BCUT2D eigenvalue weighted by atomic mass is 10.1. The van der Waals surface area contributed by atoms with E-state index in [0.29, 0.717) is 33.6 Å². The molecule has 0 bridgehead atoms. The zero-order valence-corrected chi connectivity index (χ0v) is 15.1. The third-order valence-corrected chi connectivity index (χ3v) is 4.80. The van der Waals surface area contributed by atoms with Crippen LogP contribution in [-0.2, 0) is 5.75 Å². The number of halogens is 1. The van der Waals surface area contributed by atoms with Gasteiger partial charge in [0, 0.05) is 22.4 Å². The Balaban J connectivity index is 1.82. The topological polar surface area (TPSA) is 83.0 Å². The standard InChI is InChI=1S/C18H17FN4O2S/c1-11(24)13-5-8-16(25-2)14(9-13)10-26-18-22-21-17(23(18)20)12-3-6-15(19)7-4-12/h3-9H,10,20H2,1-2H3. The first-order valence-electron chi connectivity index (χ1n) is 7.76. The Labute approximate surface area is 154 Å². The van der Waals surface area contributed by atoms with Gasteiger partial charge in [-0.25, -0.2) is 9.07 Å². The van der Waals surface area contributed by atoms with E-state index in [1.54, 1.807) is 37.4 Å². The van der Waals surface area contributed by atoms with Crippen molar-refractivity contribution < 1.29 is 13.9 Å². The molecule has 0 aliphatic heterocycles. The van der Waals surface area contributed by atoms with Gasteiger partial charge in [0.05, 0.1) is 7.11 Å². The Hall–Kier alpha value is -2.87. The number of carbonyl (C=O) groups is 1. The van der Waals surface area contributed by atoms with Crippen molar-refractivity contribution in [1.29, 1.82) is 0 Å². The fourth-order valence-corrected chi connectivity index (χ4v) is 3.26. The number of aromatic nitrogens is 3. The van der Waals surface area contributed by atoms with E-state index in [1.807, 2.05) is 0 Å². The number of thioether (sulfide) groups is 1. The van der Waals surface area contributed by atoms with Crippen molar-refractivity contribution in [2.45, 2.75) is 17.8 Å². The van der Waals surface area contributed by atoms with E-state index < -0.39 is 0 Å². The van der Waals surface area contributed by atoms with Gasteiger partial charge < -0.3 is 10.6 Å². The molecule has 1 aromatic heterocycles. The highest BCUT2D eigenvalue weighted by Gasteiger charge is 2.14. The highest BCUT2D eigenvalue weighted by Crippen LogP contribution is 2.29. The normalized spacial score (nSPS) is 10.7. The van der Waals surface area contributed by atoms with Crippen molar-refractivity contribution in [1.82, 2.24) is 14.9 Å². The van der Waals surface area contributed by atoms with Crippen LogP contribution >= 0.6 is 11.8 Å². The lowest BCUT2D eigenvalue weighted by molar-refractivity contribution is 0.101. The summed E-state index contributed by atoms with van der Waals surface area (Å²) in [6, 6.07) is 11.2. The van der Waals surface area contributed by atoms with Crippen LogP contribution in [0.5, 0.6) is 5.75 Å². The maximum atomic E-state index is 13.1. The lowest BCUT2D eigenvalue weighted by Crippen LogP contribution is -2.11. The van der Waals surface area contributed by atoms with Gasteiger partial charge in [0.15, 0.2) is 11.6 Å². The van der Waals surface area contributed by atoms with E-state index in [1.165, 1.54) is 35.5 Å². The lowest BCUT2D eigenvalue weighted by Gasteiger charge is -2.09. The quantitative estimate of drug-likeness (QED) is 0.406. The molecule has 0 saturated carbocycles. The zero-order chi connectivity index (χ0) is 18.7. The molecule has 0 amide bonds. The van der Waals surface area contributed by atoms with Crippen LogP contribution in [0, 0.1) is 5.82 Å². The van der Waals surface area contributed by atoms with E-state index in [4.69, 9.17) is 10.6 Å². The summed E-state index contributed by atoms with van der Waals surface area (Å²) in [7, 11) is 1.58. The first-order chi connectivity index (χ1) is 12.5. The molecule has 134 valence electrons. The molecule has 3 aromatic rings. The van der Waals surface area contributed by atoms with Crippen LogP contribution in [0.15, 0.2) is 47.6 Å². The number of nitrogens with zero attached hydrogens (tertiary/aromatic N) is 3. The van der Waals surface area contributed by atoms with Crippen LogP contribution in [0.4, 0.5) is 4.39 Å². The molecule has 0 aliphatic rings. The second-order valence-electron chi connectivity index (χ2n) is 5.55. The average Bonchev–Trinajstić information content (AvgIpc) is 3.01. The number of hydrogen-bond donors (Lipinski definition) is 1. The molecule has 0 atom stereocenters. The van der Waals surface area contributed by atoms with Gasteiger partial charge in [-0.2, -0.15) is 0 Å². The number of ketones is 1. The van der Waals surface area contributed by atoms with Crippen molar-refractivity contribution in [3.8, 4) is 17.1 Å². The van der Waals surface area contributed by atoms with E-state index in [9.17, 15) is 9.18 Å². The first kappa shape index (κ1) is 17.9. The number of benzene rings is 2. The number of ether oxygens (including phenoxy) is 1. The molecular weight excluding hydrogens is 355 g/mol. The minimum absolute atomic E-state index is 0.0144. The Kier molecular flexibility index (Phi) is 5.22. The third kappa shape index (κ3) is 3.70. The summed E-state index contributed by atoms with van der Waals surface area (Å²) in [5.74, 6) is 7.36. The number of nitrogens with two attached hydrogens (primary N) is 1.